The van der Waals surface area contributed by atoms with Crippen LogP contribution >= 0.6 is 0 Å². The number of anilines is 1. The molecule has 3 atom stereocenters. The summed E-state index contributed by atoms with van der Waals surface area (Å²) in [6.45, 7) is 8.94. The lowest BCUT2D eigenvalue weighted by Crippen LogP contribution is -2.67. The van der Waals surface area contributed by atoms with E-state index in [4.69, 9.17) is 4.74 Å². The zero-order valence-electron chi connectivity index (χ0n) is 17.7. The molecule has 0 aromatic heterocycles. The van der Waals surface area contributed by atoms with Crippen LogP contribution in [0, 0.1) is 0 Å². The van der Waals surface area contributed by atoms with E-state index in [0.29, 0.717) is 12.2 Å². The number of hydrogen-bond donors (Lipinski definition) is 6. The van der Waals surface area contributed by atoms with Crippen LogP contribution in [0.4, 0.5) is 10.5 Å². The maximum Gasteiger partial charge on any atom is 0.321 e. The van der Waals surface area contributed by atoms with Crippen LogP contribution in [0.1, 0.15) is 40.5 Å². The molecule has 2 rings (SSSR count). The van der Waals surface area contributed by atoms with Crippen LogP contribution < -0.4 is 36.6 Å². The number of urea groups is 1. The molecule has 29 heavy (non-hydrogen) atoms. The first-order valence-electron chi connectivity index (χ1n) is 10.2. The minimum absolute atomic E-state index is 0.0176. The molecule has 0 aliphatic carbocycles. The van der Waals surface area contributed by atoms with Crippen LogP contribution in [0.15, 0.2) is 24.3 Å². The molecule has 1 heterocycles. The Morgan fingerprint density at radius 2 is 1.90 bits per heavy atom. The predicted octanol–water partition coefficient (Wildman–Crippen LogP) is 1.29. The standard InChI is InChI=1S/C20H34N6O3/c1-13(2)29-17-8-6-16(7-9-17)24-20(28)26-19-23-14(3)12-18(25-19)22-11-5-10-21-15(4)27/h6-9,13-14,18-19,22-23,25H,5,10-12H2,1-4H3,(H,21,27)(H2,24,26,28). The Morgan fingerprint density at radius 3 is 2.55 bits per heavy atom. The minimum Gasteiger partial charge on any atom is -0.491 e. The highest BCUT2D eigenvalue weighted by Crippen LogP contribution is 2.16. The third-order valence-electron chi connectivity index (χ3n) is 4.29. The lowest BCUT2D eigenvalue weighted by atomic mass is 10.1. The number of carbonyl (C=O) groups excluding carboxylic acids is 2. The van der Waals surface area contributed by atoms with Gasteiger partial charge in [0.05, 0.1) is 12.3 Å². The summed E-state index contributed by atoms with van der Waals surface area (Å²) in [6, 6.07) is 7.21. The molecule has 1 aliphatic heterocycles. The first-order valence-corrected chi connectivity index (χ1v) is 10.2. The summed E-state index contributed by atoms with van der Waals surface area (Å²) in [7, 11) is 0. The quantitative estimate of drug-likeness (QED) is 0.344. The van der Waals surface area contributed by atoms with Crippen LogP contribution in [0.25, 0.3) is 0 Å². The maximum absolute atomic E-state index is 12.3. The van der Waals surface area contributed by atoms with Gasteiger partial charge in [-0.1, -0.05) is 0 Å². The molecule has 0 saturated carbocycles. The van der Waals surface area contributed by atoms with Gasteiger partial charge in [0.2, 0.25) is 5.91 Å². The molecular formula is C20H34N6O3. The fourth-order valence-electron chi connectivity index (χ4n) is 3.07. The molecule has 6 N–H and O–H groups in total. The molecule has 0 radical (unpaired) electrons. The smallest absolute Gasteiger partial charge is 0.321 e. The largest absolute Gasteiger partial charge is 0.491 e. The molecular weight excluding hydrogens is 372 g/mol. The molecule has 1 fully saturated rings. The van der Waals surface area contributed by atoms with Crippen molar-refractivity contribution < 1.29 is 14.3 Å². The van der Waals surface area contributed by atoms with Gasteiger partial charge in [-0.05, 0) is 64.4 Å². The number of ether oxygens (including phenoxy) is 1. The molecule has 1 aromatic carbocycles. The summed E-state index contributed by atoms with van der Waals surface area (Å²) >= 11 is 0. The summed E-state index contributed by atoms with van der Waals surface area (Å²) < 4.78 is 5.60. The number of nitrogens with one attached hydrogen (secondary N) is 6. The average Bonchev–Trinajstić information content (AvgIpc) is 2.62. The Hall–Kier alpha value is -2.36. The Kier molecular flexibility index (Phi) is 9.17. The van der Waals surface area contributed by atoms with Crippen molar-refractivity contribution in [1.82, 2.24) is 26.6 Å². The highest BCUT2D eigenvalue weighted by atomic mass is 16.5. The van der Waals surface area contributed by atoms with Crippen molar-refractivity contribution in [1.29, 1.82) is 0 Å². The second-order valence-corrected chi connectivity index (χ2v) is 7.54. The summed E-state index contributed by atoms with van der Waals surface area (Å²) in [5.41, 5.74) is 0.690. The number of benzene rings is 1. The van der Waals surface area contributed by atoms with Crippen molar-refractivity contribution in [2.75, 3.05) is 18.4 Å². The molecule has 1 aromatic rings. The van der Waals surface area contributed by atoms with E-state index >= 15 is 0 Å². The molecule has 0 spiro atoms. The van der Waals surface area contributed by atoms with E-state index in [1.54, 1.807) is 12.1 Å². The van der Waals surface area contributed by atoms with Gasteiger partial charge in [0.15, 0.2) is 0 Å². The minimum atomic E-state index is -0.352. The molecule has 9 nitrogen and oxygen atoms in total. The Bertz CT molecular complexity index is 652. The number of rotatable bonds is 9. The van der Waals surface area contributed by atoms with E-state index in [1.807, 2.05) is 26.0 Å². The third-order valence-corrected chi connectivity index (χ3v) is 4.29. The Balaban J connectivity index is 1.74. The highest BCUT2D eigenvalue weighted by Gasteiger charge is 2.25. The fraction of sp³-hybridized carbons (Fsp3) is 0.600. The van der Waals surface area contributed by atoms with Gasteiger partial charge in [-0.15, -0.1) is 0 Å². The highest BCUT2D eigenvalue weighted by molar-refractivity contribution is 5.89. The maximum atomic E-state index is 12.3. The van der Waals surface area contributed by atoms with Crippen molar-refractivity contribution in [2.45, 2.75) is 65.1 Å². The van der Waals surface area contributed by atoms with E-state index in [9.17, 15) is 9.59 Å². The zero-order valence-corrected chi connectivity index (χ0v) is 17.7. The summed E-state index contributed by atoms with van der Waals surface area (Å²) in [5, 5.41) is 18.5. The summed E-state index contributed by atoms with van der Waals surface area (Å²) in [6.07, 6.45) is 1.55. The second kappa shape index (κ2) is 11.6. The van der Waals surface area contributed by atoms with E-state index in [0.717, 1.165) is 25.1 Å². The normalized spacial score (nSPS) is 21.5. The van der Waals surface area contributed by atoms with Crippen LogP contribution in [-0.4, -0.2) is 49.6 Å². The first-order chi connectivity index (χ1) is 13.8. The molecule has 3 amide bonds. The SMILES string of the molecule is CC(=O)NCCCNC1CC(C)NC(NC(=O)Nc2ccc(OC(C)C)cc2)N1. The van der Waals surface area contributed by atoms with Crippen molar-refractivity contribution in [3.8, 4) is 5.75 Å². The van der Waals surface area contributed by atoms with E-state index in [2.05, 4.69) is 38.8 Å². The van der Waals surface area contributed by atoms with Crippen LogP contribution in [0.5, 0.6) is 5.75 Å². The van der Waals surface area contributed by atoms with Gasteiger partial charge < -0.3 is 26.0 Å². The summed E-state index contributed by atoms with van der Waals surface area (Å²) in [5.74, 6) is 0.749. The van der Waals surface area contributed by atoms with Gasteiger partial charge in [0.1, 0.15) is 12.0 Å². The second-order valence-electron chi connectivity index (χ2n) is 7.54. The van der Waals surface area contributed by atoms with Gasteiger partial charge >= 0.3 is 6.03 Å². The molecule has 9 heteroatoms. The average molecular weight is 407 g/mol. The predicted molar refractivity (Wildman–Crippen MR) is 114 cm³/mol. The number of amides is 3. The molecule has 1 aliphatic rings. The van der Waals surface area contributed by atoms with E-state index < -0.39 is 0 Å². The van der Waals surface area contributed by atoms with Gasteiger partial charge in [-0.25, -0.2) is 4.79 Å². The van der Waals surface area contributed by atoms with Gasteiger partial charge in [-0.3, -0.25) is 15.4 Å². The van der Waals surface area contributed by atoms with Gasteiger partial charge in [0.25, 0.3) is 0 Å². The monoisotopic (exact) mass is 406 g/mol. The third kappa shape index (κ3) is 9.12. The van der Waals surface area contributed by atoms with Crippen LogP contribution in [-0.2, 0) is 4.79 Å². The van der Waals surface area contributed by atoms with Crippen LogP contribution in [0.3, 0.4) is 0 Å². The lowest BCUT2D eigenvalue weighted by Gasteiger charge is -2.36. The summed E-state index contributed by atoms with van der Waals surface area (Å²) in [4.78, 5) is 23.2. The molecule has 0 bridgehead atoms. The number of carbonyl (C=O) groups is 2. The van der Waals surface area contributed by atoms with Crippen molar-refractivity contribution in [3.05, 3.63) is 24.3 Å². The fourth-order valence-corrected chi connectivity index (χ4v) is 3.07. The topological polar surface area (TPSA) is 116 Å². The van der Waals surface area contributed by atoms with E-state index in [1.165, 1.54) is 6.92 Å². The first kappa shape index (κ1) is 22.9. The lowest BCUT2D eigenvalue weighted by molar-refractivity contribution is -0.118. The van der Waals surface area contributed by atoms with Gasteiger partial charge in [-0.2, -0.15) is 0 Å². The Labute approximate surface area is 172 Å². The van der Waals surface area contributed by atoms with Crippen molar-refractivity contribution in [2.24, 2.45) is 0 Å². The molecule has 1 saturated heterocycles. The van der Waals surface area contributed by atoms with Crippen molar-refractivity contribution in [3.63, 3.8) is 0 Å². The molecule has 3 unspecified atom stereocenters. The zero-order chi connectivity index (χ0) is 21.2. The Morgan fingerprint density at radius 1 is 1.17 bits per heavy atom. The van der Waals surface area contributed by atoms with Crippen LogP contribution in [0.2, 0.25) is 0 Å². The molecule has 162 valence electrons. The van der Waals surface area contributed by atoms with Crippen molar-refractivity contribution >= 4 is 17.6 Å². The van der Waals surface area contributed by atoms with Gasteiger partial charge in [0, 0.05) is 25.2 Å². The van der Waals surface area contributed by atoms with E-state index in [-0.39, 0.29) is 36.5 Å². The number of hydrogen-bond acceptors (Lipinski definition) is 6.